The van der Waals surface area contributed by atoms with Crippen LogP contribution in [0.25, 0.3) is 0 Å². The maximum absolute atomic E-state index is 13.1. The molecule has 0 heterocycles. The molecule has 4 nitrogen and oxygen atoms in total. The number of hydrogen-bond donors (Lipinski definition) is 2. The van der Waals surface area contributed by atoms with Gasteiger partial charge in [0.25, 0.3) is 0 Å². The summed E-state index contributed by atoms with van der Waals surface area (Å²) in [6.07, 6.45) is 0. The van der Waals surface area contributed by atoms with E-state index in [4.69, 9.17) is 5.73 Å². The molecular weight excluding hydrogens is 578 g/mol. The van der Waals surface area contributed by atoms with E-state index in [9.17, 15) is 8.42 Å². The van der Waals surface area contributed by atoms with Crippen molar-refractivity contribution < 1.29 is 27.9 Å². The molecule has 0 fully saturated rings. The average Bonchev–Trinajstić information content (AvgIpc) is 2.89. The monoisotopic (exact) mass is 616 g/mol. The number of benzene rings is 4. The standard InChI is InChI=1S/C22H24N2O2S.C10H14.Ru/c1-16-13-17(2)15-20(14-16)27(25,26)24-22(19-11-7-4-8-12-19)21(23)18-9-5-3-6-10-18;1-7-5-6-8(2)10(4)9(7)3;/h3-15,21-22,24H,23H2,1-2H3;5-6H,1-4H3;/t21-,22-;;/m0../s1. The van der Waals surface area contributed by atoms with Crippen molar-refractivity contribution in [3.63, 3.8) is 0 Å². The predicted molar refractivity (Wildman–Crippen MR) is 154 cm³/mol. The van der Waals surface area contributed by atoms with E-state index in [2.05, 4.69) is 44.5 Å². The quantitative estimate of drug-likeness (QED) is 0.231. The van der Waals surface area contributed by atoms with Gasteiger partial charge in [-0.2, -0.15) is 0 Å². The molecule has 6 heteroatoms. The number of sulfonamides is 1. The van der Waals surface area contributed by atoms with Gasteiger partial charge in [-0.25, -0.2) is 13.1 Å². The molecule has 4 rings (SSSR count). The molecule has 4 aromatic rings. The van der Waals surface area contributed by atoms with Crippen molar-refractivity contribution in [1.82, 2.24) is 4.72 Å². The Bertz CT molecular complexity index is 1390. The molecule has 0 aromatic heterocycles. The number of nitrogens with one attached hydrogen (secondary N) is 1. The van der Waals surface area contributed by atoms with Crippen LogP contribution in [0.2, 0.25) is 0 Å². The summed E-state index contributed by atoms with van der Waals surface area (Å²) >= 11 is 0. The minimum Gasteiger partial charge on any atom is -0.322 e. The summed E-state index contributed by atoms with van der Waals surface area (Å²) in [4.78, 5) is 0.251. The molecule has 0 aliphatic heterocycles. The van der Waals surface area contributed by atoms with E-state index in [1.807, 2.05) is 80.6 Å². The Morgan fingerprint density at radius 2 is 1.05 bits per heavy atom. The second-order valence-corrected chi connectivity index (χ2v) is 11.4. The molecule has 2 atom stereocenters. The summed E-state index contributed by atoms with van der Waals surface area (Å²) in [5.74, 6) is 0. The molecule has 0 unspecified atom stereocenters. The van der Waals surface area contributed by atoms with Crippen LogP contribution in [0.5, 0.6) is 0 Å². The molecule has 0 radical (unpaired) electrons. The Morgan fingerprint density at radius 1 is 0.632 bits per heavy atom. The van der Waals surface area contributed by atoms with Crippen LogP contribution in [-0.4, -0.2) is 8.42 Å². The van der Waals surface area contributed by atoms with Crippen LogP contribution in [0.15, 0.2) is 95.9 Å². The normalized spacial score (nSPS) is 12.5. The molecule has 0 aliphatic carbocycles. The summed E-state index contributed by atoms with van der Waals surface area (Å²) in [7, 11) is -3.74. The Morgan fingerprint density at radius 3 is 1.50 bits per heavy atom. The molecular formula is C32H38N2O2RuS. The fourth-order valence-electron chi connectivity index (χ4n) is 4.29. The maximum Gasteiger partial charge on any atom is 0.241 e. The van der Waals surface area contributed by atoms with Crippen molar-refractivity contribution in [2.75, 3.05) is 0 Å². The summed E-state index contributed by atoms with van der Waals surface area (Å²) in [5, 5.41) is 0. The van der Waals surface area contributed by atoms with E-state index in [1.165, 1.54) is 22.3 Å². The number of nitrogens with two attached hydrogens (primary N) is 1. The maximum atomic E-state index is 13.1. The minimum atomic E-state index is -3.74. The molecule has 4 aromatic carbocycles. The van der Waals surface area contributed by atoms with E-state index < -0.39 is 22.1 Å². The summed E-state index contributed by atoms with van der Waals surface area (Å²) in [5.41, 5.74) is 15.6. The Hall–Kier alpha value is -2.63. The van der Waals surface area contributed by atoms with E-state index in [-0.39, 0.29) is 24.4 Å². The topological polar surface area (TPSA) is 72.2 Å². The van der Waals surface area contributed by atoms with Gasteiger partial charge in [0.05, 0.1) is 17.0 Å². The number of hydrogen-bond acceptors (Lipinski definition) is 3. The molecule has 3 N–H and O–H groups in total. The molecule has 0 saturated carbocycles. The van der Waals surface area contributed by atoms with Crippen LogP contribution >= 0.6 is 0 Å². The van der Waals surface area contributed by atoms with E-state index in [1.54, 1.807) is 12.1 Å². The van der Waals surface area contributed by atoms with E-state index in [0.29, 0.717) is 0 Å². The molecule has 0 saturated heterocycles. The Labute approximate surface area is 241 Å². The van der Waals surface area contributed by atoms with Gasteiger partial charge in [-0.05, 0) is 98.2 Å². The van der Waals surface area contributed by atoms with E-state index in [0.717, 1.165) is 22.3 Å². The van der Waals surface area contributed by atoms with Crippen LogP contribution in [-0.2, 0) is 29.5 Å². The second kappa shape index (κ2) is 14.0. The molecule has 0 aliphatic rings. The van der Waals surface area contributed by atoms with Gasteiger partial charge in [0.1, 0.15) is 0 Å². The Kier molecular flexibility index (Phi) is 11.6. The SMILES string of the molecule is Cc1cc(C)cc(S(=O)(=O)N[C@@H](c2ccccc2)[C@@H](N)c2ccccc2)c1.Cc1ccc(C)c(C)c1C.[Ru]. The third-order valence-electron chi connectivity index (χ3n) is 6.82. The molecule has 38 heavy (non-hydrogen) atoms. The number of aryl methyl sites for hydroxylation is 4. The molecule has 202 valence electrons. The molecule has 0 spiro atoms. The second-order valence-electron chi connectivity index (χ2n) is 9.72. The van der Waals surface area contributed by atoms with Crippen molar-refractivity contribution in [3.8, 4) is 0 Å². The van der Waals surface area contributed by atoms with Gasteiger partial charge in [0.2, 0.25) is 10.0 Å². The van der Waals surface area contributed by atoms with Crippen LogP contribution in [0.1, 0.15) is 56.6 Å². The summed E-state index contributed by atoms with van der Waals surface area (Å²) in [6, 6.07) is 27.5. The smallest absolute Gasteiger partial charge is 0.241 e. The van der Waals surface area contributed by atoms with Gasteiger partial charge in [0.15, 0.2) is 0 Å². The fraction of sp³-hybridized carbons (Fsp3) is 0.250. The van der Waals surface area contributed by atoms with Gasteiger partial charge in [-0.1, -0.05) is 78.9 Å². The zero-order valence-electron chi connectivity index (χ0n) is 23.0. The predicted octanol–water partition coefficient (Wildman–Crippen LogP) is 6.94. The number of rotatable bonds is 6. The van der Waals surface area contributed by atoms with Crippen molar-refractivity contribution in [2.24, 2.45) is 5.73 Å². The van der Waals surface area contributed by atoms with Crippen LogP contribution in [0.3, 0.4) is 0 Å². The third kappa shape index (κ3) is 8.18. The first-order valence-electron chi connectivity index (χ1n) is 12.5. The van der Waals surface area contributed by atoms with Gasteiger partial charge >= 0.3 is 0 Å². The van der Waals surface area contributed by atoms with Crippen molar-refractivity contribution in [2.45, 2.75) is 58.5 Å². The van der Waals surface area contributed by atoms with Crippen LogP contribution < -0.4 is 10.5 Å². The van der Waals surface area contributed by atoms with Crippen molar-refractivity contribution in [3.05, 3.63) is 136 Å². The zero-order valence-corrected chi connectivity index (χ0v) is 25.5. The fourth-order valence-corrected chi connectivity index (χ4v) is 5.73. The Balaban J connectivity index is 0.000000389. The first-order valence-corrected chi connectivity index (χ1v) is 14.0. The molecule has 0 bridgehead atoms. The van der Waals surface area contributed by atoms with Crippen molar-refractivity contribution >= 4 is 10.0 Å². The zero-order chi connectivity index (χ0) is 27.2. The summed E-state index contributed by atoms with van der Waals surface area (Å²) < 4.78 is 29.0. The van der Waals surface area contributed by atoms with Gasteiger partial charge in [-0.15, -0.1) is 0 Å². The van der Waals surface area contributed by atoms with E-state index >= 15 is 0 Å². The largest absolute Gasteiger partial charge is 0.322 e. The van der Waals surface area contributed by atoms with Gasteiger partial charge in [-0.3, -0.25) is 0 Å². The first kappa shape index (κ1) is 31.6. The first-order chi connectivity index (χ1) is 17.5. The molecule has 0 amide bonds. The van der Waals surface area contributed by atoms with Crippen LogP contribution in [0.4, 0.5) is 0 Å². The van der Waals surface area contributed by atoms with Gasteiger partial charge in [0, 0.05) is 19.5 Å². The average molecular weight is 616 g/mol. The summed E-state index contributed by atoms with van der Waals surface area (Å²) in [6.45, 7) is 12.4. The third-order valence-corrected chi connectivity index (χ3v) is 8.24. The minimum absolute atomic E-state index is 0. The van der Waals surface area contributed by atoms with Gasteiger partial charge < -0.3 is 5.73 Å². The van der Waals surface area contributed by atoms with Crippen molar-refractivity contribution in [1.29, 1.82) is 0 Å². The van der Waals surface area contributed by atoms with Crippen LogP contribution in [0, 0.1) is 41.5 Å².